The summed E-state index contributed by atoms with van der Waals surface area (Å²) >= 11 is 1.56. The zero-order valence-electron chi connectivity index (χ0n) is 16.1. The Morgan fingerprint density at radius 3 is 2.35 bits per heavy atom. The van der Waals surface area contributed by atoms with Crippen molar-refractivity contribution in [1.82, 2.24) is 4.90 Å². The van der Waals surface area contributed by atoms with Crippen molar-refractivity contribution in [3.05, 3.63) is 30.3 Å². The molecule has 1 fully saturated rings. The van der Waals surface area contributed by atoms with Crippen molar-refractivity contribution in [2.45, 2.75) is 56.9 Å². The van der Waals surface area contributed by atoms with Gasteiger partial charge in [0.15, 0.2) is 0 Å². The largest absolute Gasteiger partial charge is 0.447 e. The fourth-order valence-electron chi connectivity index (χ4n) is 3.09. The minimum atomic E-state index is -0.867. The number of benzene rings is 1. The van der Waals surface area contributed by atoms with Gasteiger partial charge in [0.05, 0.1) is 18.1 Å². The van der Waals surface area contributed by atoms with Crippen LogP contribution >= 0.6 is 11.8 Å². The predicted octanol–water partition coefficient (Wildman–Crippen LogP) is 3.80. The normalized spacial score (nSPS) is 21.0. The number of cyclic esters (lactones) is 1. The van der Waals surface area contributed by atoms with Gasteiger partial charge in [-0.1, -0.05) is 52.8 Å². The summed E-state index contributed by atoms with van der Waals surface area (Å²) in [5.74, 6) is -0.783. The number of hydrogen-bond acceptors (Lipinski definition) is 5. The van der Waals surface area contributed by atoms with Crippen LogP contribution < -0.4 is 0 Å². The van der Waals surface area contributed by atoms with E-state index >= 15 is 0 Å². The maximum atomic E-state index is 12.9. The molecule has 0 aromatic heterocycles. The first kappa shape index (κ1) is 20.8. The first-order chi connectivity index (χ1) is 12.2. The smallest absolute Gasteiger partial charge is 0.416 e. The molecular formula is C20H29NO4S. The van der Waals surface area contributed by atoms with Crippen molar-refractivity contribution < 1.29 is 19.4 Å². The summed E-state index contributed by atoms with van der Waals surface area (Å²) < 4.78 is 5.07. The molecule has 26 heavy (non-hydrogen) atoms. The van der Waals surface area contributed by atoms with Gasteiger partial charge >= 0.3 is 6.09 Å². The number of amides is 2. The summed E-state index contributed by atoms with van der Waals surface area (Å²) in [4.78, 5) is 27.2. The van der Waals surface area contributed by atoms with E-state index in [1.807, 2.05) is 58.0 Å². The quantitative estimate of drug-likeness (QED) is 0.730. The number of nitrogens with zero attached hydrogens (tertiary/aromatic N) is 1. The monoisotopic (exact) mass is 379 g/mol. The second-order valence-electron chi connectivity index (χ2n) is 7.52. The molecule has 1 saturated heterocycles. The molecule has 1 aliphatic rings. The topological polar surface area (TPSA) is 66.8 Å². The van der Waals surface area contributed by atoms with Crippen molar-refractivity contribution in [3.8, 4) is 0 Å². The maximum Gasteiger partial charge on any atom is 0.416 e. The van der Waals surface area contributed by atoms with E-state index in [1.165, 1.54) is 4.90 Å². The number of thioether (sulfide) groups is 1. The molecule has 0 unspecified atom stereocenters. The lowest BCUT2D eigenvalue weighted by molar-refractivity contribution is -0.137. The molecule has 0 spiro atoms. The van der Waals surface area contributed by atoms with E-state index in [2.05, 4.69) is 0 Å². The molecule has 4 atom stereocenters. The number of aliphatic hydroxyl groups excluding tert-OH is 1. The van der Waals surface area contributed by atoms with Crippen molar-refractivity contribution in [2.75, 3.05) is 6.61 Å². The molecule has 5 nitrogen and oxygen atoms in total. The Kier molecular flexibility index (Phi) is 7.12. The Morgan fingerprint density at radius 1 is 1.19 bits per heavy atom. The van der Waals surface area contributed by atoms with Crippen molar-refractivity contribution in [2.24, 2.45) is 17.8 Å². The van der Waals surface area contributed by atoms with Crippen molar-refractivity contribution in [1.29, 1.82) is 0 Å². The van der Waals surface area contributed by atoms with Gasteiger partial charge in [-0.15, -0.1) is 11.8 Å². The van der Waals surface area contributed by atoms with Crippen LogP contribution in [0.15, 0.2) is 35.2 Å². The summed E-state index contributed by atoms with van der Waals surface area (Å²) in [7, 11) is 0. The lowest BCUT2D eigenvalue weighted by Gasteiger charge is -2.32. The number of hydrogen-bond donors (Lipinski definition) is 1. The number of rotatable bonds is 7. The van der Waals surface area contributed by atoms with Crippen molar-refractivity contribution >= 4 is 23.8 Å². The van der Waals surface area contributed by atoms with Crippen LogP contribution in [0, 0.1) is 17.8 Å². The molecule has 2 rings (SSSR count). The highest BCUT2D eigenvalue weighted by atomic mass is 32.2. The zero-order chi connectivity index (χ0) is 19.4. The summed E-state index contributed by atoms with van der Waals surface area (Å²) in [5, 5.41) is 10.8. The Morgan fingerprint density at radius 2 is 1.81 bits per heavy atom. The average molecular weight is 380 g/mol. The highest BCUT2D eigenvalue weighted by Crippen LogP contribution is 2.34. The van der Waals surface area contributed by atoms with E-state index in [9.17, 15) is 14.7 Å². The highest BCUT2D eigenvalue weighted by molar-refractivity contribution is 8.00. The van der Waals surface area contributed by atoms with Crippen LogP contribution in [-0.4, -0.2) is 46.0 Å². The predicted molar refractivity (Wildman–Crippen MR) is 103 cm³/mol. The van der Waals surface area contributed by atoms with Gasteiger partial charge in [0.25, 0.3) is 0 Å². The maximum absolute atomic E-state index is 12.9. The average Bonchev–Trinajstić information content (AvgIpc) is 3.00. The van der Waals surface area contributed by atoms with Crippen LogP contribution in [0.4, 0.5) is 4.79 Å². The standard InChI is InChI=1S/C20H29NO4S/c1-12(2)16-11-25-20(24)21(16)19(23)14(5)17(22)18(13(3)4)26-15-9-7-6-8-10-15/h6-10,12-14,16-18,22H,11H2,1-5H3/t14-,16-,17+,18+/m1/s1. The fourth-order valence-corrected chi connectivity index (χ4v) is 4.36. The first-order valence-electron chi connectivity index (χ1n) is 9.13. The van der Waals surface area contributed by atoms with Gasteiger partial charge in [-0.25, -0.2) is 9.69 Å². The van der Waals surface area contributed by atoms with Crippen LogP contribution in [0.1, 0.15) is 34.6 Å². The number of ether oxygens (including phenoxy) is 1. The van der Waals surface area contributed by atoms with E-state index in [1.54, 1.807) is 18.7 Å². The molecule has 6 heteroatoms. The van der Waals surface area contributed by atoms with Crippen LogP contribution in [0.25, 0.3) is 0 Å². The minimum absolute atomic E-state index is 0.106. The highest BCUT2D eigenvalue weighted by Gasteiger charge is 2.44. The Hall–Kier alpha value is -1.53. The van der Waals surface area contributed by atoms with Gasteiger partial charge in [0.2, 0.25) is 5.91 Å². The molecule has 144 valence electrons. The van der Waals surface area contributed by atoms with E-state index < -0.39 is 18.1 Å². The third-order valence-corrected chi connectivity index (χ3v) is 6.46. The summed E-state index contributed by atoms with van der Waals surface area (Å²) in [5.41, 5.74) is 0. The van der Waals surface area contributed by atoms with E-state index in [0.29, 0.717) is 0 Å². The van der Waals surface area contributed by atoms with Crippen LogP contribution in [0.5, 0.6) is 0 Å². The molecule has 0 radical (unpaired) electrons. The van der Waals surface area contributed by atoms with Gasteiger partial charge in [-0.3, -0.25) is 4.79 Å². The van der Waals surface area contributed by atoms with E-state index in [0.717, 1.165) is 4.90 Å². The Balaban J connectivity index is 2.15. The molecule has 2 amide bonds. The Labute approximate surface area is 160 Å². The molecule has 0 aliphatic carbocycles. The van der Waals surface area contributed by atoms with E-state index in [-0.39, 0.29) is 35.6 Å². The lowest BCUT2D eigenvalue weighted by Crippen LogP contribution is -2.49. The third kappa shape index (κ3) is 4.60. The molecule has 1 aliphatic heterocycles. The summed E-state index contributed by atoms with van der Waals surface area (Å²) in [6.45, 7) is 9.88. The molecule has 1 N–H and O–H groups in total. The zero-order valence-corrected chi connectivity index (χ0v) is 16.9. The summed E-state index contributed by atoms with van der Waals surface area (Å²) in [6, 6.07) is 9.56. The van der Waals surface area contributed by atoms with Crippen molar-refractivity contribution in [3.63, 3.8) is 0 Å². The summed E-state index contributed by atoms with van der Waals surface area (Å²) in [6.07, 6.45) is -1.47. The molecule has 1 heterocycles. The second-order valence-corrected chi connectivity index (χ2v) is 8.77. The van der Waals surface area contributed by atoms with Gasteiger partial charge in [0.1, 0.15) is 6.61 Å². The molecular weight excluding hydrogens is 350 g/mol. The second kappa shape index (κ2) is 8.91. The van der Waals surface area contributed by atoms with E-state index in [4.69, 9.17) is 4.74 Å². The first-order valence-corrected chi connectivity index (χ1v) is 10.0. The Bertz CT molecular complexity index is 619. The van der Waals surface area contributed by atoms with Crippen LogP contribution in [0.3, 0.4) is 0 Å². The van der Waals surface area contributed by atoms with Gasteiger partial charge in [-0.2, -0.15) is 0 Å². The number of carbonyl (C=O) groups is 2. The molecule has 1 aromatic carbocycles. The van der Waals surface area contributed by atoms with Gasteiger partial charge in [0, 0.05) is 10.1 Å². The number of imide groups is 1. The molecule has 0 bridgehead atoms. The SMILES string of the molecule is CC(C)[C@H]1COC(=O)N1C(=O)[C@H](C)[C@H](O)[C@@H](Sc1ccccc1)C(C)C. The number of carbonyl (C=O) groups excluding carboxylic acids is 2. The lowest BCUT2D eigenvalue weighted by atomic mass is 9.93. The molecule has 0 saturated carbocycles. The van der Waals surface area contributed by atoms with Gasteiger partial charge in [-0.05, 0) is 24.0 Å². The number of aliphatic hydroxyl groups is 1. The third-order valence-electron chi connectivity index (χ3n) is 4.82. The van der Waals surface area contributed by atoms with Crippen LogP contribution in [0.2, 0.25) is 0 Å². The van der Waals surface area contributed by atoms with Gasteiger partial charge < -0.3 is 9.84 Å². The minimum Gasteiger partial charge on any atom is -0.447 e. The van der Waals surface area contributed by atoms with Crippen LogP contribution in [-0.2, 0) is 9.53 Å². The molecule has 1 aromatic rings. The fraction of sp³-hybridized carbons (Fsp3) is 0.600.